The number of aromatic amines is 1. The Kier molecular flexibility index (Phi) is 4.26. The molecule has 1 amide bonds. The minimum absolute atomic E-state index is 0.0626. The Morgan fingerprint density at radius 1 is 1.42 bits per heavy atom. The highest BCUT2D eigenvalue weighted by atomic mass is 16.2. The predicted molar refractivity (Wildman–Crippen MR) is 88.9 cm³/mol. The Hall–Kier alpha value is -2.44. The van der Waals surface area contributed by atoms with E-state index in [2.05, 4.69) is 34.2 Å². The number of aryl methyl sites for hydroxylation is 1. The lowest BCUT2D eigenvalue weighted by Gasteiger charge is -2.28. The number of ketones is 1. The molecule has 0 aromatic carbocycles. The minimum atomic E-state index is -0.161. The summed E-state index contributed by atoms with van der Waals surface area (Å²) in [5.41, 5.74) is 2.81. The van der Waals surface area contributed by atoms with Gasteiger partial charge in [-0.05, 0) is 30.7 Å². The van der Waals surface area contributed by atoms with Crippen LogP contribution >= 0.6 is 0 Å². The van der Waals surface area contributed by atoms with Crippen molar-refractivity contribution in [2.24, 2.45) is 5.41 Å². The van der Waals surface area contributed by atoms with Crippen molar-refractivity contribution in [1.29, 1.82) is 0 Å². The number of carbonyl (C=O) groups is 2. The number of rotatable bonds is 5. The second-order valence-electron chi connectivity index (χ2n) is 7.19. The maximum absolute atomic E-state index is 12.4. The van der Waals surface area contributed by atoms with Crippen molar-refractivity contribution in [2.45, 2.75) is 46.6 Å². The molecule has 128 valence electrons. The summed E-state index contributed by atoms with van der Waals surface area (Å²) in [5, 5.41) is 6.92. The normalized spacial score (nSPS) is 16.0. The van der Waals surface area contributed by atoms with Gasteiger partial charge in [0.15, 0.2) is 5.78 Å². The molecule has 7 nitrogen and oxygen atoms in total. The highest BCUT2D eigenvalue weighted by molar-refractivity contribution is 6.04. The molecule has 0 atom stereocenters. The third-order valence-electron chi connectivity index (χ3n) is 4.44. The molecule has 2 aromatic heterocycles. The van der Waals surface area contributed by atoms with Crippen LogP contribution in [0.1, 0.15) is 58.8 Å². The van der Waals surface area contributed by atoms with Crippen molar-refractivity contribution >= 4 is 11.7 Å². The molecule has 0 fully saturated rings. The van der Waals surface area contributed by atoms with E-state index in [-0.39, 0.29) is 17.1 Å². The molecule has 0 bridgehead atoms. The minimum Gasteiger partial charge on any atom is -0.354 e. The number of hydrogen-bond donors (Lipinski definition) is 2. The summed E-state index contributed by atoms with van der Waals surface area (Å²) >= 11 is 0. The first-order valence-corrected chi connectivity index (χ1v) is 8.23. The molecule has 1 aliphatic carbocycles. The quantitative estimate of drug-likeness (QED) is 0.819. The monoisotopic (exact) mass is 329 g/mol. The molecular formula is C17H23N5O2. The van der Waals surface area contributed by atoms with E-state index in [1.165, 1.54) is 6.33 Å². The van der Waals surface area contributed by atoms with Gasteiger partial charge in [-0.3, -0.25) is 14.3 Å². The van der Waals surface area contributed by atoms with E-state index in [0.29, 0.717) is 30.8 Å². The van der Waals surface area contributed by atoms with Crippen LogP contribution in [0.4, 0.5) is 0 Å². The molecule has 2 aromatic rings. The number of carbonyl (C=O) groups excluding carboxylic acids is 2. The van der Waals surface area contributed by atoms with E-state index in [0.717, 1.165) is 24.1 Å². The lowest BCUT2D eigenvalue weighted by atomic mass is 9.75. The third kappa shape index (κ3) is 3.25. The van der Waals surface area contributed by atoms with Crippen LogP contribution in [-0.2, 0) is 13.0 Å². The zero-order chi connectivity index (χ0) is 17.3. The average molecular weight is 329 g/mol. The van der Waals surface area contributed by atoms with Gasteiger partial charge in [0, 0.05) is 30.8 Å². The number of hydrogen-bond acceptors (Lipinski definition) is 4. The van der Waals surface area contributed by atoms with Gasteiger partial charge in [-0.15, -0.1) is 0 Å². The zero-order valence-corrected chi connectivity index (χ0v) is 14.3. The molecule has 3 rings (SSSR count). The average Bonchev–Trinajstić information content (AvgIpc) is 3.10. The summed E-state index contributed by atoms with van der Waals surface area (Å²) in [5.74, 6) is -0.0358. The van der Waals surface area contributed by atoms with Crippen LogP contribution in [0.25, 0.3) is 0 Å². The predicted octanol–water partition coefficient (Wildman–Crippen LogP) is 1.89. The van der Waals surface area contributed by atoms with Gasteiger partial charge in [-0.2, -0.15) is 5.10 Å². The molecule has 7 heteroatoms. The van der Waals surface area contributed by atoms with Gasteiger partial charge >= 0.3 is 0 Å². The van der Waals surface area contributed by atoms with Crippen LogP contribution in [0.2, 0.25) is 0 Å². The van der Waals surface area contributed by atoms with Gasteiger partial charge in [-0.1, -0.05) is 13.8 Å². The van der Waals surface area contributed by atoms with Crippen molar-refractivity contribution in [3.63, 3.8) is 0 Å². The summed E-state index contributed by atoms with van der Waals surface area (Å²) in [6.45, 7) is 7.24. The zero-order valence-electron chi connectivity index (χ0n) is 14.3. The summed E-state index contributed by atoms with van der Waals surface area (Å²) < 4.78 is 1.73. The van der Waals surface area contributed by atoms with E-state index in [1.54, 1.807) is 11.0 Å². The molecule has 0 saturated carbocycles. The molecular weight excluding hydrogens is 306 g/mol. The smallest absolute Gasteiger partial charge is 0.268 e. The molecule has 2 N–H and O–H groups in total. The fraction of sp³-hybridized carbons (Fsp3) is 0.529. The maximum atomic E-state index is 12.4. The first kappa shape index (κ1) is 16.4. The topological polar surface area (TPSA) is 92.7 Å². The highest BCUT2D eigenvalue weighted by Gasteiger charge is 2.35. The second-order valence-corrected chi connectivity index (χ2v) is 7.19. The molecule has 0 unspecified atom stereocenters. The Morgan fingerprint density at radius 3 is 2.92 bits per heavy atom. The Morgan fingerprint density at radius 2 is 2.21 bits per heavy atom. The van der Waals surface area contributed by atoms with Crippen LogP contribution in [0.15, 0.2) is 12.7 Å². The fourth-order valence-corrected chi connectivity index (χ4v) is 3.34. The van der Waals surface area contributed by atoms with Crippen molar-refractivity contribution in [1.82, 2.24) is 25.1 Å². The third-order valence-corrected chi connectivity index (χ3v) is 4.44. The number of Topliss-reactive ketones (excluding diaryl/α,β-unsaturated/α-hetero) is 1. The van der Waals surface area contributed by atoms with Crippen LogP contribution in [0, 0.1) is 12.3 Å². The first-order valence-electron chi connectivity index (χ1n) is 8.23. The molecule has 0 saturated heterocycles. The molecule has 0 aliphatic heterocycles. The van der Waals surface area contributed by atoms with Crippen molar-refractivity contribution < 1.29 is 9.59 Å². The highest BCUT2D eigenvalue weighted by Crippen LogP contribution is 2.36. The lowest BCUT2D eigenvalue weighted by molar-refractivity contribution is 0.0909. The molecule has 0 spiro atoms. The number of aromatic nitrogens is 4. The van der Waals surface area contributed by atoms with E-state index in [4.69, 9.17) is 0 Å². The lowest BCUT2D eigenvalue weighted by Crippen LogP contribution is -2.26. The van der Waals surface area contributed by atoms with Crippen LogP contribution in [0.5, 0.6) is 0 Å². The van der Waals surface area contributed by atoms with Gasteiger partial charge in [0.25, 0.3) is 5.91 Å². The van der Waals surface area contributed by atoms with E-state index < -0.39 is 0 Å². The van der Waals surface area contributed by atoms with E-state index in [1.807, 2.05) is 6.92 Å². The summed E-state index contributed by atoms with van der Waals surface area (Å²) in [7, 11) is 0. The van der Waals surface area contributed by atoms with Crippen molar-refractivity contribution in [3.05, 3.63) is 35.2 Å². The van der Waals surface area contributed by atoms with Gasteiger partial charge in [0.1, 0.15) is 18.3 Å². The largest absolute Gasteiger partial charge is 0.354 e. The van der Waals surface area contributed by atoms with Gasteiger partial charge in [0.2, 0.25) is 0 Å². The summed E-state index contributed by atoms with van der Waals surface area (Å²) in [6, 6.07) is 0. The number of nitrogens with one attached hydrogen (secondary N) is 2. The van der Waals surface area contributed by atoms with Crippen LogP contribution in [0.3, 0.4) is 0 Å². The van der Waals surface area contributed by atoms with Crippen molar-refractivity contribution in [2.75, 3.05) is 6.54 Å². The standard InChI is InChI=1S/C17H23N5O2/c1-11-14-12(7-17(2,3)8-13(14)23)21-15(11)16(24)19-5-4-6-22-10-18-9-20-22/h9-10,21H,4-8H2,1-3H3,(H,19,24). The Bertz CT molecular complexity index is 758. The molecule has 24 heavy (non-hydrogen) atoms. The molecule has 2 heterocycles. The number of nitrogens with zero attached hydrogens (tertiary/aromatic N) is 3. The van der Waals surface area contributed by atoms with Gasteiger partial charge in [-0.25, -0.2) is 4.98 Å². The SMILES string of the molecule is Cc1c(C(=O)NCCCn2cncn2)[nH]c2c1C(=O)CC(C)(C)C2. The van der Waals surface area contributed by atoms with Gasteiger partial charge in [0.05, 0.1) is 0 Å². The fourth-order valence-electron chi connectivity index (χ4n) is 3.34. The maximum Gasteiger partial charge on any atom is 0.268 e. The summed E-state index contributed by atoms with van der Waals surface area (Å²) in [6.07, 6.45) is 5.22. The Labute approximate surface area is 140 Å². The Balaban J connectivity index is 1.64. The van der Waals surface area contributed by atoms with Crippen LogP contribution in [-0.4, -0.2) is 38.0 Å². The van der Waals surface area contributed by atoms with Crippen molar-refractivity contribution in [3.8, 4) is 0 Å². The van der Waals surface area contributed by atoms with Crippen LogP contribution < -0.4 is 5.32 Å². The second kappa shape index (κ2) is 6.22. The number of H-pyrrole nitrogens is 1. The first-order chi connectivity index (χ1) is 11.4. The van der Waals surface area contributed by atoms with E-state index in [9.17, 15) is 9.59 Å². The molecule has 0 radical (unpaired) electrons. The summed E-state index contributed by atoms with van der Waals surface area (Å²) in [4.78, 5) is 31.9. The van der Waals surface area contributed by atoms with Gasteiger partial charge < -0.3 is 10.3 Å². The number of fused-ring (bicyclic) bond motifs is 1. The van der Waals surface area contributed by atoms with E-state index >= 15 is 0 Å². The molecule has 1 aliphatic rings. The number of amides is 1.